The van der Waals surface area contributed by atoms with Crippen molar-refractivity contribution >= 4 is 29.0 Å². The fraction of sp³-hybridized carbons (Fsp3) is 0.176. The highest BCUT2D eigenvalue weighted by Gasteiger charge is 2.13. The van der Waals surface area contributed by atoms with E-state index >= 15 is 0 Å². The summed E-state index contributed by atoms with van der Waals surface area (Å²) in [5, 5.41) is 12.3. The van der Waals surface area contributed by atoms with Crippen LogP contribution < -0.4 is 5.32 Å². The first kappa shape index (κ1) is 16.1. The molecule has 1 aromatic carbocycles. The van der Waals surface area contributed by atoms with Gasteiger partial charge in [0.15, 0.2) is 5.78 Å². The number of amides is 1. The SMILES string of the molecule is O=C(CCC(=O)c1cccs1)Nc1nncn1Cc1ccccc1. The van der Waals surface area contributed by atoms with Crippen LogP contribution in [-0.4, -0.2) is 26.5 Å². The van der Waals surface area contributed by atoms with Crippen molar-refractivity contribution in [2.45, 2.75) is 19.4 Å². The van der Waals surface area contributed by atoms with Crippen LogP contribution in [0.2, 0.25) is 0 Å². The Kier molecular flexibility index (Phi) is 5.12. The third-order valence-electron chi connectivity index (χ3n) is 3.44. The molecule has 0 fully saturated rings. The number of Topliss-reactive ketones (excluding diaryl/α,β-unsaturated/α-hetero) is 1. The molecule has 0 aliphatic rings. The summed E-state index contributed by atoms with van der Waals surface area (Å²) in [5.41, 5.74) is 1.08. The number of hydrogen-bond donors (Lipinski definition) is 1. The highest BCUT2D eigenvalue weighted by Crippen LogP contribution is 2.13. The molecule has 6 nitrogen and oxygen atoms in total. The first-order valence-corrected chi connectivity index (χ1v) is 8.38. The quantitative estimate of drug-likeness (QED) is 0.671. The molecule has 0 saturated heterocycles. The predicted octanol–water partition coefficient (Wildman–Crippen LogP) is 2.99. The van der Waals surface area contributed by atoms with Crippen LogP contribution in [0, 0.1) is 0 Å². The van der Waals surface area contributed by atoms with Gasteiger partial charge in [-0.15, -0.1) is 21.5 Å². The minimum atomic E-state index is -0.248. The Bertz CT molecular complexity index is 812. The van der Waals surface area contributed by atoms with Crippen molar-refractivity contribution in [3.8, 4) is 0 Å². The molecule has 0 atom stereocenters. The number of carbonyl (C=O) groups is 2. The Morgan fingerprint density at radius 3 is 2.67 bits per heavy atom. The molecule has 0 saturated carbocycles. The Morgan fingerprint density at radius 2 is 1.92 bits per heavy atom. The van der Waals surface area contributed by atoms with Crippen LogP contribution in [0.3, 0.4) is 0 Å². The highest BCUT2D eigenvalue weighted by molar-refractivity contribution is 7.12. The molecular formula is C17H16N4O2S. The lowest BCUT2D eigenvalue weighted by atomic mass is 10.2. The lowest BCUT2D eigenvalue weighted by Crippen LogP contribution is -2.17. The molecule has 0 aliphatic heterocycles. The molecule has 1 N–H and O–H groups in total. The van der Waals surface area contributed by atoms with Gasteiger partial charge in [0.2, 0.25) is 11.9 Å². The van der Waals surface area contributed by atoms with Crippen molar-refractivity contribution in [2.24, 2.45) is 0 Å². The summed E-state index contributed by atoms with van der Waals surface area (Å²) in [4.78, 5) is 24.6. The van der Waals surface area contributed by atoms with E-state index in [4.69, 9.17) is 0 Å². The number of anilines is 1. The first-order chi connectivity index (χ1) is 11.7. The molecule has 7 heteroatoms. The van der Waals surface area contributed by atoms with Crippen molar-refractivity contribution in [1.29, 1.82) is 0 Å². The van der Waals surface area contributed by atoms with Gasteiger partial charge in [-0.2, -0.15) is 0 Å². The molecule has 24 heavy (non-hydrogen) atoms. The topological polar surface area (TPSA) is 76.9 Å². The summed E-state index contributed by atoms with van der Waals surface area (Å²) in [6.07, 6.45) is 1.87. The molecule has 3 rings (SSSR count). The smallest absolute Gasteiger partial charge is 0.231 e. The molecule has 0 unspecified atom stereocenters. The monoisotopic (exact) mass is 340 g/mol. The number of aromatic nitrogens is 3. The Balaban J connectivity index is 1.55. The summed E-state index contributed by atoms with van der Waals surface area (Å²) < 4.78 is 1.76. The molecule has 2 aromatic heterocycles. The maximum atomic E-state index is 12.0. The fourth-order valence-corrected chi connectivity index (χ4v) is 2.92. The normalized spacial score (nSPS) is 10.5. The van der Waals surface area contributed by atoms with Crippen LogP contribution in [-0.2, 0) is 11.3 Å². The summed E-state index contributed by atoms with van der Waals surface area (Å²) in [6.45, 7) is 0.567. The van der Waals surface area contributed by atoms with Crippen molar-refractivity contribution in [3.05, 3.63) is 64.6 Å². The van der Waals surface area contributed by atoms with E-state index < -0.39 is 0 Å². The van der Waals surface area contributed by atoms with Gasteiger partial charge in [0.05, 0.1) is 11.4 Å². The second kappa shape index (κ2) is 7.65. The third-order valence-corrected chi connectivity index (χ3v) is 4.35. The molecule has 0 spiro atoms. The summed E-state index contributed by atoms with van der Waals surface area (Å²) in [5.74, 6) is 0.112. The average molecular weight is 340 g/mol. The zero-order valence-electron chi connectivity index (χ0n) is 12.9. The third kappa shape index (κ3) is 4.14. The Labute approximate surface area is 143 Å². The van der Waals surface area contributed by atoms with E-state index in [1.807, 2.05) is 41.8 Å². The van der Waals surface area contributed by atoms with Gasteiger partial charge in [-0.05, 0) is 17.0 Å². The van der Waals surface area contributed by atoms with E-state index in [1.54, 1.807) is 17.0 Å². The van der Waals surface area contributed by atoms with E-state index in [0.29, 0.717) is 17.4 Å². The number of ketones is 1. The molecule has 0 bridgehead atoms. The van der Waals surface area contributed by atoms with Crippen molar-refractivity contribution < 1.29 is 9.59 Å². The number of benzene rings is 1. The number of nitrogens with zero attached hydrogens (tertiary/aromatic N) is 3. The first-order valence-electron chi connectivity index (χ1n) is 7.50. The van der Waals surface area contributed by atoms with Crippen LogP contribution in [0.4, 0.5) is 5.95 Å². The van der Waals surface area contributed by atoms with E-state index in [-0.39, 0.29) is 24.5 Å². The highest BCUT2D eigenvalue weighted by atomic mass is 32.1. The van der Waals surface area contributed by atoms with Crippen molar-refractivity contribution in [3.63, 3.8) is 0 Å². The van der Waals surface area contributed by atoms with E-state index in [1.165, 1.54) is 11.3 Å². The summed E-state index contributed by atoms with van der Waals surface area (Å²) >= 11 is 1.38. The lowest BCUT2D eigenvalue weighted by Gasteiger charge is -2.07. The maximum absolute atomic E-state index is 12.0. The second-order valence-electron chi connectivity index (χ2n) is 5.22. The zero-order chi connectivity index (χ0) is 16.8. The molecule has 122 valence electrons. The van der Waals surface area contributed by atoms with Gasteiger partial charge in [-0.1, -0.05) is 36.4 Å². The largest absolute Gasteiger partial charge is 0.295 e. The number of hydrogen-bond acceptors (Lipinski definition) is 5. The van der Waals surface area contributed by atoms with Gasteiger partial charge < -0.3 is 0 Å². The number of rotatable bonds is 7. The van der Waals surface area contributed by atoms with Crippen molar-refractivity contribution in [2.75, 3.05) is 5.32 Å². The lowest BCUT2D eigenvalue weighted by molar-refractivity contribution is -0.116. The van der Waals surface area contributed by atoms with E-state index in [9.17, 15) is 9.59 Å². The molecule has 3 aromatic rings. The van der Waals surface area contributed by atoms with Gasteiger partial charge in [0.25, 0.3) is 0 Å². The van der Waals surface area contributed by atoms with E-state index in [0.717, 1.165) is 5.56 Å². The minimum Gasteiger partial charge on any atom is -0.295 e. The van der Waals surface area contributed by atoms with Crippen LogP contribution in [0.1, 0.15) is 28.1 Å². The minimum absolute atomic E-state index is 0.0223. The second-order valence-corrected chi connectivity index (χ2v) is 6.16. The van der Waals surface area contributed by atoms with Crippen LogP contribution in [0.5, 0.6) is 0 Å². The fourth-order valence-electron chi connectivity index (χ4n) is 2.22. The maximum Gasteiger partial charge on any atom is 0.231 e. The molecule has 2 heterocycles. The Morgan fingerprint density at radius 1 is 1.08 bits per heavy atom. The Hall–Kier alpha value is -2.80. The standard InChI is InChI=1S/C17H16N4O2S/c22-14(15-7-4-10-24-15)8-9-16(23)19-17-20-18-12-21(17)11-13-5-2-1-3-6-13/h1-7,10,12H,8-9,11H2,(H,19,20,23). The van der Waals surface area contributed by atoms with Gasteiger partial charge >= 0.3 is 0 Å². The van der Waals surface area contributed by atoms with Gasteiger partial charge in [-0.3, -0.25) is 19.5 Å². The summed E-state index contributed by atoms with van der Waals surface area (Å²) in [6, 6.07) is 13.4. The van der Waals surface area contributed by atoms with Gasteiger partial charge in [0, 0.05) is 12.8 Å². The predicted molar refractivity (Wildman–Crippen MR) is 92.1 cm³/mol. The summed E-state index contributed by atoms with van der Waals surface area (Å²) in [7, 11) is 0. The molecule has 0 aliphatic carbocycles. The van der Waals surface area contributed by atoms with Crippen LogP contribution in [0.15, 0.2) is 54.2 Å². The molecule has 0 radical (unpaired) electrons. The zero-order valence-corrected chi connectivity index (χ0v) is 13.7. The number of thiophene rings is 1. The van der Waals surface area contributed by atoms with Gasteiger partial charge in [-0.25, -0.2) is 0 Å². The average Bonchev–Trinajstić information content (AvgIpc) is 3.26. The molecular weight excluding hydrogens is 324 g/mol. The number of nitrogens with one attached hydrogen (secondary N) is 1. The van der Waals surface area contributed by atoms with Gasteiger partial charge in [0.1, 0.15) is 6.33 Å². The van der Waals surface area contributed by atoms with Crippen LogP contribution in [0.25, 0.3) is 0 Å². The van der Waals surface area contributed by atoms with E-state index in [2.05, 4.69) is 15.5 Å². The van der Waals surface area contributed by atoms with Crippen molar-refractivity contribution in [1.82, 2.24) is 14.8 Å². The molecule has 1 amide bonds. The number of carbonyl (C=O) groups excluding carboxylic acids is 2. The van der Waals surface area contributed by atoms with Crippen LogP contribution >= 0.6 is 11.3 Å².